The summed E-state index contributed by atoms with van der Waals surface area (Å²) in [5.41, 5.74) is 1.41. The molecule has 0 heterocycles. The molecule has 0 radical (unpaired) electrons. The quantitative estimate of drug-likeness (QED) is 0.779. The van der Waals surface area contributed by atoms with Crippen LogP contribution in [0.2, 0.25) is 0 Å². The summed E-state index contributed by atoms with van der Waals surface area (Å²) in [6.45, 7) is 1.60. The van der Waals surface area contributed by atoms with Crippen molar-refractivity contribution in [2.24, 2.45) is 5.92 Å². The molecule has 19 heavy (non-hydrogen) atoms. The second-order valence-corrected chi connectivity index (χ2v) is 4.88. The Morgan fingerprint density at radius 2 is 1.89 bits per heavy atom. The van der Waals surface area contributed by atoms with Crippen LogP contribution in [-0.4, -0.2) is 18.7 Å². The van der Waals surface area contributed by atoms with Gasteiger partial charge in [0.15, 0.2) is 5.78 Å². The molecule has 0 amide bonds. The van der Waals surface area contributed by atoms with Crippen LogP contribution in [0.5, 0.6) is 5.75 Å². The summed E-state index contributed by atoms with van der Waals surface area (Å²) in [5.74, 6) is 0.930. The first-order valence-corrected chi connectivity index (χ1v) is 6.50. The molecule has 3 nitrogen and oxygen atoms in total. The average Bonchev–Trinajstić information content (AvgIpc) is 2.46. The molecule has 0 saturated heterocycles. The highest BCUT2D eigenvalue weighted by Crippen LogP contribution is 2.27. The number of ketones is 2. The molecular weight excluding hydrogens is 240 g/mol. The minimum Gasteiger partial charge on any atom is -0.497 e. The molecule has 1 aromatic rings. The SMILES string of the molecule is COc1ccc(C(=O)C2=CCCC(C(C)=O)C2)cc1. The fraction of sp³-hybridized carbons (Fsp3) is 0.375. The third kappa shape index (κ3) is 3.11. The van der Waals surface area contributed by atoms with E-state index in [1.807, 2.05) is 6.08 Å². The normalized spacial score (nSPS) is 18.6. The van der Waals surface area contributed by atoms with E-state index in [1.165, 1.54) is 0 Å². The first kappa shape index (κ1) is 13.5. The van der Waals surface area contributed by atoms with Gasteiger partial charge in [-0.3, -0.25) is 9.59 Å². The van der Waals surface area contributed by atoms with Crippen molar-refractivity contribution in [3.63, 3.8) is 0 Å². The molecule has 1 aromatic carbocycles. The van der Waals surface area contributed by atoms with Crippen LogP contribution < -0.4 is 4.74 Å². The summed E-state index contributed by atoms with van der Waals surface area (Å²) in [5, 5.41) is 0. The Morgan fingerprint density at radius 3 is 2.47 bits per heavy atom. The minimum absolute atomic E-state index is 0.00204. The van der Waals surface area contributed by atoms with Crippen LogP contribution in [0.25, 0.3) is 0 Å². The number of rotatable bonds is 4. The van der Waals surface area contributed by atoms with Gasteiger partial charge in [-0.15, -0.1) is 0 Å². The topological polar surface area (TPSA) is 43.4 Å². The van der Waals surface area contributed by atoms with Gasteiger partial charge in [0.05, 0.1) is 7.11 Å². The first-order valence-electron chi connectivity index (χ1n) is 6.50. The van der Waals surface area contributed by atoms with E-state index in [2.05, 4.69) is 0 Å². The number of methoxy groups -OCH3 is 1. The fourth-order valence-corrected chi connectivity index (χ4v) is 2.37. The second-order valence-electron chi connectivity index (χ2n) is 4.88. The lowest BCUT2D eigenvalue weighted by Gasteiger charge is -2.19. The Balaban J connectivity index is 2.14. The number of benzene rings is 1. The van der Waals surface area contributed by atoms with Gasteiger partial charge in [0.1, 0.15) is 11.5 Å². The highest BCUT2D eigenvalue weighted by Gasteiger charge is 2.23. The Morgan fingerprint density at radius 1 is 1.21 bits per heavy atom. The van der Waals surface area contributed by atoms with Gasteiger partial charge in [-0.2, -0.15) is 0 Å². The lowest BCUT2D eigenvalue weighted by molar-refractivity contribution is -0.120. The van der Waals surface area contributed by atoms with Gasteiger partial charge in [0.25, 0.3) is 0 Å². The van der Waals surface area contributed by atoms with E-state index in [9.17, 15) is 9.59 Å². The average molecular weight is 258 g/mol. The van der Waals surface area contributed by atoms with E-state index in [1.54, 1.807) is 38.3 Å². The molecule has 0 aliphatic heterocycles. The van der Waals surface area contributed by atoms with Crippen molar-refractivity contribution in [1.82, 2.24) is 0 Å². The highest BCUT2D eigenvalue weighted by molar-refractivity contribution is 6.09. The number of allylic oxidation sites excluding steroid dienone is 2. The van der Waals surface area contributed by atoms with E-state index in [4.69, 9.17) is 4.74 Å². The summed E-state index contributed by atoms with van der Waals surface area (Å²) >= 11 is 0. The Kier molecular flexibility index (Phi) is 4.15. The molecule has 0 N–H and O–H groups in total. The van der Waals surface area contributed by atoms with Crippen LogP contribution in [0.1, 0.15) is 36.5 Å². The maximum atomic E-state index is 12.3. The van der Waals surface area contributed by atoms with Gasteiger partial charge < -0.3 is 4.74 Å². The highest BCUT2D eigenvalue weighted by atomic mass is 16.5. The lowest BCUT2D eigenvalue weighted by Crippen LogP contribution is -2.18. The number of hydrogen-bond acceptors (Lipinski definition) is 3. The monoisotopic (exact) mass is 258 g/mol. The molecule has 0 aromatic heterocycles. The van der Waals surface area contributed by atoms with Crippen molar-refractivity contribution in [2.75, 3.05) is 7.11 Å². The summed E-state index contributed by atoms with van der Waals surface area (Å²) in [7, 11) is 1.60. The smallest absolute Gasteiger partial charge is 0.188 e. The zero-order chi connectivity index (χ0) is 13.8. The van der Waals surface area contributed by atoms with Crippen LogP contribution in [0.15, 0.2) is 35.9 Å². The van der Waals surface area contributed by atoms with Crippen LogP contribution >= 0.6 is 0 Å². The summed E-state index contributed by atoms with van der Waals surface area (Å²) < 4.78 is 5.07. The Bertz CT molecular complexity index is 511. The van der Waals surface area contributed by atoms with Gasteiger partial charge in [0, 0.05) is 11.5 Å². The van der Waals surface area contributed by atoms with Crippen LogP contribution in [0, 0.1) is 5.92 Å². The maximum Gasteiger partial charge on any atom is 0.188 e. The molecule has 0 saturated carbocycles. The third-order valence-electron chi connectivity index (χ3n) is 3.59. The van der Waals surface area contributed by atoms with E-state index in [-0.39, 0.29) is 17.5 Å². The lowest BCUT2D eigenvalue weighted by atomic mass is 9.83. The molecule has 1 aliphatic carbocycles. The molecule has 0 spiro atoms. The molecular formula is C16H18O3. The van der Waals surface area contributed by atoms with Crippen LogP contribution in [-0.2, 0) is 4.79 Å². The third-order valence-corrected chi connectivity index (χ3v) is 3.59. The van der Waals surface area contributed by atoms with Crippen molar-refractivity contribution < 1.29 is 14.3 Å². The standard InChI is InChI=1S/C16H18O3/c1-11(17)13-4-3-5-14(10-13)16(18)12-6-8-15(19-2)9-7-12/h5-9,13H,3-4,10H2,1-2H3. The van der Waals surface area contributed by atoms with Crippen LogP contribution in [0.4, 0.5) is 0 Å². The van der Waals surface area contributed by atoms with Crippen LogP contribution in [0.3, 0.4) is 0 Å². The minimum atomic E-state index is 0.00204. The van der Waals surface area contributed by atoms with Crippen molar-refractivity contribution >= 4 is 11.6 Å². The van der Waals surface area contributed by atoms with Gasteiger partial charge in [-0.25, -0.2) is 0 Å². The molecule has 1 atom stereocenters. The summed E-state index contributed by atoms with van der Waals surface area (Å²) in [6, 6.07) is 7.08. The van der Waals surface area contributed by atoms with E-state index < -0.39 is 0 Å². The number of ether oxygens (including phenoxy) is 1. The Labute approximate surface area is 113 Å². The van der Waals surface area contributed by atoms with E-state index in [0.717, 1.165) is 24.2 Å². The predicted molar refractivity (Wildman–Crippen MR) is 73.4 cm³/mol. The van der Waals surface area contributed by atoms with Crippen molar-refractivity contribution in [2.45, 2.75) is 26.2 Å². The van der Waals surface area contributed by atoms with Gasteiger partial charge in [0.2, 0.25) is 0 Å². The summed E-state index contributed by atoms with van der Waals surface area (Å²) in [6.07, 6.45) is 4.20. The van der Waals surface area contributed by atoms with Gasteiger partial charge in [-0.1, -0.05) is 6.08 Å². The molecule has 0 bridgehead atoms. The largest absolute Gasteiger partial charge is 0.497 e. The van der Waals surface area contributed by atoms with Gasteiger partial charge in [-0.05, 0) is 56.0 Å². The summed E-state index contributed by atoms with van der Waals surface area (Å²) in [4.78, 5) is 23.8. The number of Topliss-reactive ketones (excluding diaryl/α,β-unsaturated/α-hetero) is 2. The molecule has 2 rings (SSSR count). The zero-order valence-corrected chi connectivity index (χ0v) is 11.3. The Hall–Kier alpha value is -1.90. The first-order chi connectivity index (χ1) is 9.11. The molecule has 1 unspecified atom stereocenters. The number of hydrogen-bond donors (Lipinski definition) is 0. The van der Waals surface area contributed by atoms with Crippen molar-refractivity contribution in [1.29, 1.82) is 0 Å². The number of carbonyl (C=O) groups is 2. The van der Waals surface area contributed by atoms with Crippen molar-refractivity contribution in [3.8, 4) is 5.75 Å². The predicted octanol–water partition coefficient (Wildman–Crippen LogP) is 3.19. The van der Waals surface area contributed by atoms with E-state index >= 15 is 0 Å². The van der Waals surface area contributed by atoms with Crippen molar-refractivity contribution in [3.05, 3.63) is 41.5 Å². The molecule has 3 heteroatoms. The fourth-order valence-electron chi connectivity index (χ4n) is 2.37. The zero-order valence-electron chi connectivity index (χ0n) is 11.3. The number of carbonyl (C=O) groups excluding carboxylic acids is 2. The van der Waals surface area contributed by atoms with Gasteiger partial charge >= 0.3 is 0 Å². The maximum absolute atomic E-state index is 12.3. The molecule has 100 valence electrons. The molecule has 1 aliphatic rings. The van der Waals surface area contributed by atoms with E-state index in [0.29, 0.717) is 12.0 Å². The molecule has 0 fully saturated rings. The second kappa shape index (κ2) is 5.83.